The number of ether oxygens (including phenoxy) is 1. The molecule has 0 fully saturated rings. The number of esters is 1. The summed E-state index contributed by atoms with van der Waals surface area (Å²) >= 11 is 0. The van der Waals surface area contributed by atoms with Gasteiger partial charge in [0, 0.05) is 12.6 Å². The molecule has 0 aromatic heterocycles. The van der Waals surface area contributed by atoms with Crippen molar-refractivity contribution in [1.29, 1.82) is 0 Å². The first-order chi connectivity index (χ1) is 14.9. The van der Waals surface area contributed by atoms with E-state index < -0.39 is 12.0 Å². The fourth-order valence-electron chi connectivity index (χ4n) is 3.25. The first kappa shape index (κ1) is 22.0. The van der Waals surface area contributed by atoms with Gasteiger partial charge in [-0.3, -0.25) is 14.5 Å². The Balaban J connectivity index is 1.47. The third-order valence-corrected chi connectivity index (χ3v) is 4.70. The second-order valence-electron chi connectivity index (χ2n) is 7.45. The average Bonchev–Trinajstić information content (AvgIpc) is 2.98. The molecule has 2 aromatic carbocycles. The normalized spacial score (nSPS) is 12.7. The first-order valence-corrected chi connectivity index (χ1v) is 10.2. The number of para-hydroxylation sites is 1. The molecule has 0 unspecified atom stereocenters. The number of rotatable bonds is 8. The maximum absolute atomic E-state index is 12.4. The van der Waals surface area contributed by atoms with E-state index in [1.807, 2.05) is 13.8 Å². The molecule has 0 radical (unpaired) electrons. The summed E-state index contributed by atoms with van der Waals surface area (Å²) in [5.74, 6) is -1.14. The van der Waals surface area contributed by atoms with Crippen molar-refractivity contribution in [3.8, 4) is 0 Å². The van der Waals surface area contributed by atoms with E-state index in [4.69, 9.17) is 4.74 Å². The summed E-state index contributed by atoms with van der Waals surface area (Å²) in [6.07, 6.45) is 0.998. The molecule has 1 aliphatic heterocycles. The lowest BCUT2D eigenvalue weighted by atomic mass is 10.1. The van der Waals surface area contributed by atoms with Crippen LogP contribution in [0, 0.1) is 0 Å². The molecule has 162 valence electrons. The molecule has 8 nitrogen and oxygen atoms in total. The minimum Gasteiger partial charge on any atom is -0.462 e. The summed E-state index contributed by atoms with van der Waals surface area (Å²) in [5.41, 5.74) is 1.45. The highest BCUT2D eigenvalue weighted by Crippen LogP contribution is 2.22. The Labute approximate surface area is 180 Å². The van der Waals surface area contributed by atoms with Crippen LogP contribution in [-0.2, 0) is 4.74 Å². The predicted octanol–water partition coefficient (Wildman–Crippen LogP) is 3.45. The van der Waals surface area contributed by atoms with E-state index in [1.165, 1.54) is 4.90 Å². The number of nitrogens with one attached hydrogen (secondary N) is 2. The highest BCUT2D eigenvalue weighted by Gasteiger charge is 2.34. The van der Waals surface area contributed by atoms with E-state index in [2.05, 4.69) is 10.6 Å². The molecule has 4 amide bonds. The van der Waals surface area contributed by atoms with Crippen LogP contribution < -0.4 is 10.6 Å². The van der Waals surface area contributed by atoms with Crippen LogP contribution in [0.4, 0.5) is 10.5 Å². The van der Waals surface area contributed by atoms with Crippen molar-refractivity contribution in [3.05, 3.63) is 65.2 Å². The zero-order chi connectivity index (χ0) is 22.4. The van der Waals surface area contributed by atoms with Gasteiger partial charge >= 0.3 is 12.0 Å². The van der Waals surface area contributed by atoms with E-state index in [0.29, 0.717) is 29.7 Å². The highest BCUT2D eigenvalue weighted by molar-refractivity contribution is 6.21. The van der Waals surface area contributed by atoms with Gasteiger partial charge in [-0.2, -0.15) is 0 Å². The van der Waals surface area contributed by atoms with E-state index in [0.717, 1.165) is 0 Å². The fourth-order valence-corrected chi connectivity index (χ4v) is 3.25. The lowest BCUT2D eigenvalue weighted by Gasteiger charge is -2.14. The summed E-state index contributed by atoms with van der Waals surface area (Å²) in [4.78, 5) is 50.2. The van der Waals surface area contributed by atoms with Gasteiger partial charge in [-0.1, -0.05) is 24.3 Å². The van der Waals surface area contributed by atoms with Crippen LogP contribution >= 0.6 is 0 Å². The zero-order valence-corrected chi connectivity index (χ0v) is 17.5. The summed E-state index contributed by atoms with van der Waals surface area (Å²) < 4.78 is 5.31. The van der Waals surface area contributed by atoms with Gasteiger partial charge in [0.2, 0.25) is 0 Å². The van der Waals surface area contributed by atoms with Crippen molar-refractivity contribution < 1.29 is 23.9 Å². The first-order valence-electron chi connectivity index (χ1n) is 10.2. The average molecular weight is 423 g/mol. The Kier molecular flexibility index (Phi) is 7.02. The van der Waals surface area contributed by atoms with Crippen molar-refractivity contribution in [2.45, 2.75) is 32.7 Å². The van der Waals surface area contributed by atoms with Gasteiger partial charge in [0.25, 0.3) is 11.8 Å². The molecule has 0 spiro atoms. The number of unbranched alkanes of at least 4 members (excludes halogenated alkanes) is 1. The van der Waals surface area contributed by atoms with Crippen molar-refractivity contribution in [3.63, 3.8) is 0 Å². The van der Waals surface area contributed by atoms with Crippen LogP contribution in [-0.4, -0.2) is 47.9 Å². The van der Waals surface area contributed by atoms with E-state index in [-0.39, 0.29) is 36.6 Å². The summed E-state index contributed by atoms with van der Waals surface area (Å²) in [6.45, 7) is 4.06. The van der Waals surface area contributed by atoms with Gasteiger partial charge < -0.3 is 15.4 Å². The smallest absolute Gasteiger partial charge is 0.340 e. The van der Waals surface area contributed by atoms with Crippen LogP contribution in [0.3, 0.4) is 0 Å². The monoisotopic (exact) mass is 423 g/mol. The van der Waals surface area contributed by atoms with Crippen LogP contribution in [0.1, 0.15) is 57.8 Å². The quantitative estimate of drug-likeness (QED) is 0.384. The number of amides is 4. The number of nitrogens with zero attached hydrogens (tertiary/aromatic N) is 1. The van der Waals surface area contributed by atoms with E-state index >= 15 is 0 Å². The number of benzene rings is 2. The topological polar surface area (TPSA) is 105 Å². The Morgan fingerprint density at radius 2 is 1.55 bits per heavy atom. The lowest BCUT2D eigenvalue weighted by molar-refractivity contribution is 0.0486. The van der Waals surface area contributed by atoms with Crippen LogP contribution in [0.5, 0.6) is 0 Å². The second kappa shape index (κ2) is 9.88. The van der Waals surface area contributed by atoms with Gasteiger partial charge in [0.1, 0.15) is 0 Å². The van der Waals surface area contributed by atoms with Gasteiger partial charge in [0.15, 0.2) is 0 Å². The van der Waals surface area contributed by atoms with Gasteiger partial charge in [-0.15, -0.1) is 0 Å². The maximum Gasteiger partial charge on any atom is 0.340 e. The Morgan fingerprint density at radius 3 is 2.19 bits per heavy atom. The summed E-state index contributed by atoms with van der Waals surface area (Å²) in [7, 11) is 0. The van der Waals surface area contributed by atoms with Gasteiger partial charge in [-0.25, -0.2) is 9.59 Å². The minimum absolute atomic E-state index is 0.0405. The fraction of sp³-hybridized carbons (Fsp3) is 0.304. The number of imide groups is 1. The summed E-state index contributed by atoms with van der Waals surface area (Å²) in [5, 5.41) is 5.34. The molecule has 0 bridgehead atoms. The molecule has 1 heterocycles. The molecule has 8 heteroatoms. The number of fused-ring (bicyclic) bond motifs is 1. The van der Waals surface area contributed by atoms with Crippen molar-refractivity contribution in [2.24, 2.45) is 0 Å². The van der Waals surface area contributed by atoms with Crippen LogP contribution in [0.25, 0.3) is 0 Å². The number of urea groups is 1. The second-order valence-corrected chi connectivity index (χ2v) is 7.45. The standard InChI is InChI=1S/C23H25N3O5/c1-15(2)24-23(30)25-19-12-6-5-11-18(19)22(29)31-14-8-7-13-26-20(27)16-9-3-4-10-17(16)21(26)28/h3-6,9-12,15H,7-8,13-14H2,1-2H3,(H2,24,25,30). The van der Waals surface area contributed by atoms with Crippen molar-refractivity contribution in [2.75, 3.05) is 18.5 Å². The third-order valence-electron chi connectivity index (χ3n) is 4.70. The molecule has 0 atom stereocenters. The van der Waals surface area contributed by atoms with Crippen LogP contribution in [0.2, 0.25) is 0 Å². The largest absolute Gasteiger partial charge is 0.462 e. The molecule has 1 aliphatic rings. The lowest BCUT2D eigenvalue weighted by Crippen LogP contribution is -2.34. The van der Waals surface area contributed by atoms with Gasteiger partial charge in [0.05, 0.1) is 29.0 Å². The number of anilines is 1. The van der Waals surface area contributed by atoms with Crippen LogP contribution in [0.15, 0.2) is 48.5 Å². The molecule has 2 aromatic rings. The number of hydrogen-bond donors (Lipinski definition) is 2. The molecular weight excluding hydrogens is 398 g/mol. The molecular formula is C23H25N3O5. The third kappa shape index (κ3) is 5.28. The Bertz CT molecular complexity index is 967. The molecule has 0 saturated carbocycles. The SMILES string of the molecule is CC(C)NC(=O)Nc1ccccc1C(=O)OCCCCN1C(=O)c2ccccc2C1=O. The summed E-state index contributed by atoms with van der Waals surface area (Å²) in [6, 6.07) is 12.9. The molecule has 0 saturated heterocycles. The van der Waals surface area contributed by atoms with Crippen molar-refractivity contribution >= 4 is 29.5 Å². The molecule has 0 aliphatic carbocycles. The predicted molar refractivity (Wildman–Crippen MR) is 115 cm³/mol. The van der Waals surface area contributed by atoms with E-state index in [9.17, 15) is 19.2 Å². The molecule has 3 rings (SSSR count). The Hall–Kier alpha value is -3.68. The molecule has 2 N–H and O–H groups in total. The molecule has 31 heavy (non-hydrogen) atoms. The minimum atomic E-state index is -0.554. The zero-order valence-electron chi connectivity index (χ0n) is 17.5. The number of carbonyl (C=O) groups excluding carboxylic acids is 4. The van der Waals surface area contributed by atoms with Crippen molar-refractivity contribution in [1.82, 2.24) is 10.2 Å². The number of carbonyl (C=O) groups is 4. The highest BCUT2D eigenvalue weighted by atomic mass is 16.5. The van der Waals surface area contributed by atoms with E-state index in [1.54, 1.807) is 48.5 Å². The van der Waals surface area contributed by atoms with Gasteiger partial charge in [-0.05, 0) is 51.0 Å². The number of hydrogen-bond acceptors (Lipinski definition) is 5. The Morgan fingerprint density at radius 1 is 0.935 bits per heavy atom. The maximum atomic E-state index is 12.4.